The number of rotatable bonds is 1. The zero-order chi connectivity index (χ0) is 14.9. The minimum absolute atomic E-state index is 0.0625. The van der Waals surface area contributed by atoms with Crippen molar-refractivity contribution in [2.45, 2.75) is 43.4 Å². The molecule has 2 saturated heterocycles. The van der Waals surface area contributed by atoms with Gasteiger partial charge in [-0.05, 0) is 13.3 Å². The summed E-state index contributed by atoms with van der Waals surface area (Å²) in [4.78, 5) is 27.3. The monoisotopic (exact) mass is 318 g/mol. The van der Waals surface area contributed by atoms with Crippen LogP contribution >= 0.6 is 23.5 Å². The summed E-state index contributed by atoms with van der Waals surface area (Å²) in [7, 11) is 0. The highest BCUT2D eigenvalue weighted by Crippen LogP contribution is 2.33. The molecule has 0 spiro atoms. The topological polar surface area (TPSA) is 60.9 Å². The summed E-state index contributed by atoms with van der Waals surface area (Å²) >= 11 is 3.41. The number of hydrogen-bond acceptors (Lipinski definition) is 4. The maximum absolute atomic E-state index is 12.7. The van der Waals surface area contributed by atoms with E-state index in [1.165, 1.54) is 16.7 Å². The van der Waals surface area contributed by atoms with Gasteiger partial charge in [0.05, 0.1) is 5.37 Å². The number of carboxylic acid groups (broad SMARTS) is 1. The SMILES string of the molecule is CC1SCC(C(=O)O)N1C(=O)N1CCSC(C)(C)CC1. The van der Waals surface area contributed by atoms with Crippen LogP contribution in [-0.4, -0.2) is 67.7 Å². The molecule has 0 aromatic rings. The molecular formula is C13H22N2O3S2. The third-order valence-electron chi connectivity index (χ3n) is 3.84. The van der Waals surface area contributed by atoms with Crippen LogP contribution in [0.1, 0.15) is 27.2 Å². The van der Waals surface area contributed by atoms with E-state index in [4.69, 9.17) is 0 Å². The number of amides is 2. The number of carboxylic acids is 1. The molecule has 0 aliphatic carbocycles. The molecule has 2 unspecified atom stereocenters. The molecule has 0 radical (unpaired) electrons. The number of carbonyl (C=O) groups excluding carboxylic acids is 1. The predicted molar refractivity (Wildman–Crippen MR) is 83.3 cm³/mol. The zero-order valence-corrected chi connectivity index (χ0v) is 13.8. The maximum atomic E-state index is 12.7. The van der Waals surface area contributed by atoms with Crippen LogP contribution in [0.2, 0.25) is 0 Å². The molecule has 0 saturated carbocycles. The third kappa shape index (κ3) is 3.36. The Labute approximate surface area is 128 Å². The van der Waals surface area contributed by atoms with Gasteiger partial charge in [0.2, 0.25) is 0 Å². The van der Waals surface area contributed by atoms with Gasteiger partial charge in [0.25, 0.3) is 0 Å². The molecule has 2 fully saturated rings. The molecule has 20 heavy (non-hydrogen) atoms. The van der Waals surface area contributed by atoms with Gasteiger partial charge in [0.1, 0.15) is 6.04 Å². The zero-order valence-electron chi connectivity index (χ0n) is 12.2. The van der Waals surface area contributed by atoms with E-state index in [0.29, 0.717) is 18.8 Å². The fraction of sp³-hybridized carbons (Fsp3) is 0.846. The lowest BCUT2D eigenvalue weighted by Crippen LogP contribution is -2.51. The summed E-state index contributed by atoms with van der Waals surface area (Å²) in [5.74, 6) is 0.488. The van der Waals surface area contributed by atoms with Crippen LogP contribution in [0.4, 0.5) is 4.79 Å². The Morgan fingerprint density at radius 3 is 2.65 bits per heavy atom. The Morgan fingerprint density at radius 1 is 1.30 bits per heavy atom. The van der Waals surface area contributed by atoms with Crippen LogP contribution in [0.25, 0.3) is 0 Å². The van der Waals surface area contributed by atoms with Gasteiger partial charge < -0.3 is 10.0 Å². The van der Waals surface area contributed by atoms with Crippen molar-refractivity contribution in [3.63, 3.8) is 0 Å². The number of hydrogen-bond donors (Lipinski definition) is 1. The van der Waals surface area contributed by atoms with Crippen LogP contribution in [0, 0.1) is 0 Å². The van der Waals surface area contributed by atoms with Gasteiger partial charge in [-0.25, -0.2) is 9.59 Å². The lowest BCUT2D eigenvalue weighted by molar-refractivity contribution is -0.141. The second-order valence-electron chi connectivity index (χ2n) is 5.82. The quantitative estimate of drug-likeness (QED) is 0.803. The Balaban J connectivity index is 2.08. The van der Waals surface area contributed by atoms with Crippen molar-refractivity contribution >= 4 is 35.5 Å². The van der Waals surface area contributed by atoms with E-state index in [9.17, 15) is 14.7 Å². The summed E-state index contributed by atoms with van der Waals surface area (Å²) in [5.41, 5.74) is 0. The summed E-state index contributed by atoms with van der Waals surface area (Å²) in [5, 5.41) is 9.19. The molecule has 2 heterocycles. The van der Waals surface area contributed by atoms with E-state index < -0.39 is 12.0 Å². The molecule has 2 atom stereocenters. The van der Waals surface area contributed by atoms with Crippen LogP contribution in [-0.2, 0) is 4.79 Å². The number of urea groups is 1. The average molecular weight is 318 g/mol. The highest BCUT2D eigenvalue weighted by atomic mass is 32.2. The standard InChI is InChI=1S/C13H22N2O3S2/c1-9-15(10(8-19-9)11(16)17)12(18)14-5-4-13(2,3)20-7-6-14/h9-10H,4-8H2,1-3H3,(H,16,17). The molecule has 2 amide bonds. The molecule has 5 nitrogen and oxygen atoms in total. The van der Waals surface area contributed by atoms with Gasteiger partial charge in [0.15, 0.2) is 0 Å². The maximum Gasteiger partial charge on any atom is 0.327 e. The lowest BCUT2D eigenvalue weighted by Gasteiger charge is -2.31. The second-order valence-corrected chi connectivity index (χ2v) is 8.97. The fourth-order valence-corrected chi connectivity index (χ4v) is 4.76. The first-order valence-corrected chi connectivity index (χ1v) is 8.91. The average Bonchev–Trinajstić information content (AvgIpc) is 2.64. The van der Waals surface area contributed by atoms with Gasteiger partial charge in [0, 0.05) is 29.3 Å². The van der Waals surface area contributed by atoms with Crippen molar-refractivity contribution in [2.75, 3.05) is 24.6 Å². The lowest BCUT2D eigenvalue weighted by atomic mass is 10.1. The molecule has 0 bridgehead atoms. The van der Waals surface area contributed by atoms with Crippen molar-refractivity contribution in [1.29, 1.82) is 0 Å². The van der Waals surface area contributed by atoms with Crippen molar-refractivity contribution in [3.8, 4) is 0 Å². The summed E-state index contributed by atoms with van der Waals surface area (Å²) in [6, 6.07) is -0.806. The minimum atomic E-state index is -0.903. The molecule has 0 aromatic heterocycles. The van der Waals surface area contributed by atoms with E-state index in [0.717, 1.165) is 12.2 Å². The molecule has 0 aromatic carbocycles. The highest BCUT2D eigenvalue weighted by Gasteiger charge is 2.41. The van der Waals surface area contributed by atoms with E-state index in [-0.39, 0.29) is 16.2 Å². The van der Waals surface area contributed by atoms with Gasteiger partial charge in [-0.2, -0.15) is 11.8 Å². The first-order valence-electron chi connectivity index (χ1n) is 6.87. The van der Waals surface area contributed by atoms with Crippen LogP contribution < -0.4 is 0 Å². The van der Waals surface area contributed by atoms with Crippen molar-refractivity contribution < 1.29 is 14.7 Å². The van der Waals surface area contributed by atoms with Crippen LogP contribution in [0.3, 0.4) is 0 Å². The first kappa shape index (κ1) is 15.8. The first-order chi connectivity index (χ1) is 9.32. The third-order valence-corrected chi connectivity index (χ3v) is 6.43. The Morgan fingerprint density at radius 2 is 2.00 bits per heavy atom. The fourth-order valence-electron chi connectivity index (χ4n) is 2.50. The normalized spacial score (nSPS) is 30.1. The highest BCUT2D eigenvalue weighted by molar-refractivity contribution is 8.00. The Hall–Kier alpha value is -0.560. The van der Waals surface area contributed by atoms with E-state index >= 15 is 0 Å². The van der Waals surface area contributed by atoms with Crippen LogP contribution in [0.15, 0.2) is 0 Å². The number of carbonyl (C=O) groups is 2. The van der Waals surface area contributed by atoms with Gasteiger partial charge in [-0.15, -0.1) is 11.8 Å². The van der Waals surface area contributed by atoms with Crippen molar-refractivity contribution in [3.05, 3.63) is 0 Å². The molecule has 1 N–H and O–H groups in total. The summed E-state index contributed by atoms with van der Waals surface area (Å²) < 4.78 is 0.187. The minimum Gasteiger partial charge on any atom is -0.480 e. The Bertz CT molecular complexity index is 403. The number of aliphatic carboxylic acids is 1. The van der Waals surface area contributed by atoms with Gasteiger partial charge in [-0.3, -0.25) is 4.90 Å². The Kier molecular flexibility index (Phi) is 4.79. The van der Waals surface area contributed by atoms with E-state index in [2.05, 4.69) is 13.8 Å². The summed E-state index contributed by atoms with van der Waals surface area (Å²) in [6.45, 7) is 7.70. The molecule has 114 valence electrons. The summed E-state index contributed by atoms with van der Waals surface area (Å²) in [6.07, 6.45) is 0.941. The molecule has 2 rings (SSSR count). The molecule has 7 heteroatoms. The number of nitrogens with zero attached hydrogens (tertiary/aromatic N) is 2. The van der Waals surface area contributed by atoms with Crippen molar-refractivity contribution in [2.24, 2.45) is 0 Å². The van der Waals surface area contributed by atoms with E-state index in [1.807, 2.05) is 23.6 Å². The molecule has 2 aliphatic rings. The predicted octanol–water partition coefficient (Wildman–Crippen LogP) is 2.17. The number of thioether (sulfide) groups is 2. The van der Waals surface area contributed by atoms with Crippen molar-refractivity contribution in [1.82, 2.24) is 9.80 Å². The van der Waals surface area contributed by atoms with E-state index in [1.54, 1.807) is 0 Å². The largest absolute Gasteiger partial charge is 0.480 e. The van der Waals surface area contributed by atoms with Crippen LogP contribution in [0.5, 0.6) is 0 Å². The second kappa shape index (κ2) is 6.05. The molecular weight excluding hydrogens is 296 g/mol. The molecule has 2 aliphatic heterocycles. The van der Waals surface area contributed by atoms with Gasteiger partial charge in [-0.1, -0.05) is 13.8 Å². The smallest absolute Gasteiger partial charge is 0.327 e. The van der Waals surface area contributed by atoms with Gasteiger partial charge >= 0.3 is 12.0 Å².